The monoisotopic (exact) mass is 445 g/mol. The molecule has 1 unspecified atom stereocenters. The van der Waals surface area contributed by atoms with Crippen molar-refractivity contribution >= 4 is 21.6 Å². The minimum atomic E-state index is -0.190. The zero-order chi connectivity index (χ0) is 21.2. The minimum Gasteiger partial charge on any atom is -0.474 e. The lowest BCUT2D eigenvalue weighted by Gasteiger charge is -2.38. The molecule has 0 amide bonds. The number of aliphatic hydroxyl groups is 1. The van der Waals surface area contributed by atoms with Gasteiger partial charge in [0.25, 0.3) is 0 Å². The fraction of sp³-hybridized carbons (Fsp3) is 0.750. The predicted octanol–water partition coefficient (Wildman–Crippen LogP) is 3.98. The van der Waals surface area contributed by atoms with Crippen LogP contribution in [0, 0.1) is 5.92 Å². The van der Waals surface area contributed by atoms with Crippen molar-refractivity contribution in [2.24, 2.45) is 5.92 Å². The number of aromatic nitrogens is 2. The Balaban J connectivity index is 1.28. The normalized spacial score (nSPS) is 28.4. The number of nitrogens with zero attached hydrogens (tertiary/aromatic N) is 3. The second-order valence-electron chi connectivity index (χ2n) is 9.47. The van der Waals surface area contributed by atoms with E-state index < -0.39 is 0 Å². The van der Waals surface area contributed by atoms with Crippen LogP contribution in [0.2, 0.25) is 0 Å². The van der Waals surface area contributed by atoms with E-state index >= 15 is 0 Å². The number of morpholine rings is 1. The highest BCUT2D eigenvalue weighted by molar-refractivity contribution is 7.18. The molecule has 2 fully saturated rings. The lowest BCUT2D eigenvalue weighted by Crippen LogP contribution is -2.46. The van der Waals surface area contributed by atoms with Gasteiger partial charge in [0.15, 0.2) is 0 Å². The average molecular weight is 446 g/mol. The van der Waals surface area contributed by atoms with Crippen LogP contribution in [-0.2, 0) is 17.6 Å². The van der Waals surface area contributed by atoms with Crippen LogP contribution in [0.5, 0.6) is 5.88 Å². The number of hydrogen-bond acceptors (Lipinski definition) is 7. The molecule has 7 heteroatoms. The van der Waals surface area contributed by atoms with Crippen LogP contribution >= 0.6 is 11.3 Å². The molecule has 2 aromatic heterocycles. The number of fused-ring (bicyclic) bond motifs is 3. The van der Waals surface area contributed by atoms with Gasteiger partial charge in [-0.25, -0.2) is 9.97 Å². The van der Waals surface area contributed by atoms with Gasteiger partial charge in [-0.3, -0.25) is 4.90 Å². The second-order valence-corrected chi connectivity index (χ2v) is 10.5. The topological polar surface area (TPSA) is 67.7 Å². The van der Waals surface area contributed by atoms with Crippen molar-refractivity contribution < 1.29 is 14.6 Å². The van der Waals surface area contributed by atoms with E-state index in [-0.39, 0.29) is 12.2 Å². The molecular weight excluding hydrogens is 410 g/mol. The molecule has 5 rings (SSSR count). The van der Waals surface area contributed by atoms with Gasteiger partial charge >= 0.3 is 0 Å². The van der Waals surface area contributed by atoms with Gasteiger partial charge in [-0.15, -0.1) is 11.3 Å². The Hall–Kier alpha value is -1.28. The van der Waals surface area contributed by atoms with E-state index in [2.05, 4.69) is 21.8 Å². The van der Waals surface area contributed by atoms with Gasteiger partial charge in [0.2, 0.25) is 5.88 Å². The summed E-state index contributed by atoms with van der Waals surface area (Å²) >= 11 is 1.81. The molecule has 1 N–H and O–H groups in total. The maximum absolute atomic E-state index is 10.2. The first-order valence-corrected chi connectivity index (χ1v) is 12.9. The Morgan fingerprint density at radius 1 is 1.19 bits per heavy atom. The first-order valence-electron chi connectivity index (χ1n) is 12.1. The van der Waals surface area contributed by atoms with E-state index in [1.54, 1.807) is 6.33 Å². The average Bonchev–Trinajstić information content (AvgIpc) is 3.19. The van der Waals surface area contributed by atoms with Crippen molar-refractivity contribution in [1.29, 1.82) is 0 Å². The van der Waals surface area contributed by atoms with Crippen LogP contribution in [0.3, 0.4) is 0 Å². The van der Waals surface area contributed by atoms with E-state index in [1.807, 2.05) is 11.3 Å². The molecule has 1 saturated heterocycles. The van der Waals surface area contributed by atoms with Crippen LogP contribution < -0.4 is 4.74 Å². The van der Waals surface area contributed by atoms with E-state index in [0.717, 1.165) is 87.3 Å². The summed E-state index contributed by atoms with van der Waals surface area (Å²) in [5, 5.41) is 11.3. The summed E-state index contributed by atoms with van der Waals surface area (Å²) in [5.74, 6) is 1.33. The molecule has 1 aliphatic heterocycles. The standard InChI is InChI=1S/C24H35N3O3S/c1-2-18(28)13-16-3-8-21-20(14-16)22-23(25-15-26-24(22)31-21)30-19-6-4-17(5-7-19)27-9-11-29-12-10-27/h15-19,28H,2-14H2,1H3/t16-,17-,18?,19-/m0/s1. The molecule has 2 aromatic rings. The highest BCUT2D eigenvalue weighted by Gasteiger charge is 2.30. The van der Waals surface area contributed by atoms with Crippen LogP contribution in [-0.4, -0.2) is 64.5 Å². The molecule has 170 valence electrons. The highest BCUT2D eigenvalue weighted by atomic mass is 32.1. The Morgan fingerprint density at radius 3 is 2.77 bits per heavy atom. The third-order valence-electron chi connectivity index (χ3n) is 7.47. The lowest BCUT2D eigenvalue weighted by atomic mass is 9.83. The lowest BCUT2D eigenvalue weighted by molar-refractivity contribution is -0.00126. The van der Waals surface area contributed by atoms with Crippen LogP contribution in [0.25, 0.3) is 10.2 Å². The fourth-order valence-electron chi connectivity index (χ4n) is 5.62. The van der Waals surface area contributed by atoms with Crippen molar-refractivity contribution in [3.63, 3.8) is 0 Å². The molecule has 6 nitrogen and oxygen atoms in total. The molecule has 2 atom stereocenters. The van der Waals surface area contributed by atoms with Crippen molar-refractivity contribution in [2.75, 3.05) is 26.3 Å². The van der Waals surface area contributed by atoms with Crippen LogP contribution in [0.1, 0.15) is 62.3 Å². The Morgan fingerprint density at radius 2 is 2.00 bits per heavy atom. The molecule has 31 heavy (non-hydrogen) atoms. The number of rotatable bonds is 6. The quantitative estimate of drug-likeness (QED) is 0.725. The van der Waals surface area contributed by atoms with Gasteiger partial charge in [0.05, 0.1) is 24.7 Å². The summed E-state index contributed by atoms with van der Waals surface area (Å²) in [7, 11) is 0. The summed E-state index contributed by atoms with van der Waals surface area (Å²) in [4.78, 5) is 14.3. The first-order chi connectivity index (χ1) is 15.2. The van der Waals surface area contributed by atoms with Gasteiger partial charge in [-0.1, -0.05) is 6.92 Å². The molecule has 1 saturated carbocycles. The van der Waals surface area contributed by atoms with E-state index in [9.17, 15) is 5.11 Å². The molecule has 0 aromatic carbocycles. The molecule has 3 aliphatic rings. The van der Waals surface area contributed by atoms with Gasteiger partial charge in [0, 0.05) is 24.0 Å². The maximum atomic E-state index is 10.2. The van der Waals surface area contributed by atoms with Gasteiger partial charge in [0.1, 0.15) is 17.3 Å². The summed E-state index contributed by atoms with van der Waals surface area (Å²) in [6.45, 7) is 5.94. The predicted molar refractivity (Wildman–Crippen MR) is 123 cm³/mol. The van der Waals surface area contributed by atoms with Crippen molar-refractivity contribution in [3.05, 3.63) is 16.8 Å². The van der Waals surface area contributed by atoms with Crippen LogP contribution in [0.4, 0.5) is 0 Å². The van der Waals surface area contributed by atoms with E-state index in [0.29, 0.717) is 12.0 Å². The summed E-state index contributed by atoms with van der Waals surface area (Å²) < 4.78 is 12.0. The molecule has 0 bridgehead atoms. The molecule has 2 aliphatic carbocycles. The third-order valence-corrected chi connectivity index (χ3v) is 8.67. The number of thiophene rings is 1. The Kier molecular flexibility index (Phi) is 6.74. The maximum Gasteiger partial charge on any atom is 0.225 e. The molecule has 0 spiro atoms. The van der Waals surface area contributed by atoms with Crippen molar-refractivity contribution in [2.45, 2.75) is 83.0 Å². The SMILES string of the molecule is CCC(O)C[C@@H]1CCc2sc3ncnc(O[C@H]4CC[C@H](N5CCOCC5)CC4)c3c2C1. The second kappa shape index (κ2) is 9.69. The zero-order valence-corrected chi connectivity index (χ0v) is 19.4. The van der Waals surface area contributed by atoms with E-state index in [1.165, 1.54) is 23.3 Å². The number of aryl methyl sites for hydroxylation is 1. The minimum absolute atomic E-state index is 0.190. The zero-order valence-electron chi connectivity index (χ0n) is 18.6. The van der Waals surface area contributed by atoms with Crippen molar-refractivity contribution in [3.8, 4) is 5.88 Å². The largest absolute Gasteiger partial charge is 0.474 e. The first kappa shape index (κ1) is 21.6. The van der Waals surface area contributed by atoms with Gasteiger partial charge in [-0.05, 0) is 69.3 Å². The van der Waals surface area contributed by atoms with E-state index in [4.69, 9.17) is 9.47 Å². The summed E-state index contributed by atoms with van der Waals surface area (Å²) in [6.07, 6.45) is 11.3. The summed E-state index contributed by atoms with van der Waals surface area (Å²) in [6, 6.07) is 0.675. The number of hydrogen-bond donors (Lipinski definition) is 1. The highest BCUT2D eigenvalue weighted by Crippen LogP contribution is 2.42. The summed E-state index contributed by atoms with van der Waals surface area (Å²) in [5.41, 5.74) is 1.39. The fourth-order valence-corrected chi connectivity index (χ4v) is 6.80. The molecular formula is C24H35N3O3S. The van der Waals surface area contributed by atoms with Crippen molar-refractivity contribution in [1.82, 2.24) is 14.9 Å². The van der Waals surface area contributed by atoms with Gasteiger partial charge in [-0.2, -0.15) is 0 Å². The third kappa shape index (κ3) is 4.75. The molecule has 0 radical (unpaired) electrons. The number of ether oxygens (including phenoxy) is 2. The Labute approximate surface area is 189 Å². The molecule has 3 heterocycles. The Bertz CT molecular complexity index is 874. The van der Waals surface area contributed by atoms with Crippen LogP contribution in [0.15, 0.2) is 6.33 Å². The number of aliphatic hydroxyl groups excluding tert-OH is 1. The van der Waals surface area contributed by atoms with Gasteiger partial charge < -0.3 is 14.6 Å². The smallest absolute Gasteiger partial charge is 0.225 e.